The second kappa shape index (κ2) is 6.28. The third kappa shape index (κ3) is 3.22. The van der Waals surface area contributed by atoms with Gasteiger partial charge in [-0.15, -0.1) is 0 Å². The first-order chi connectivity index (χ1) is 11.3. The number of hydrogen-bond acceptors (Lipinski definition) is 3. The van der Waals surface area contributed by atoms with Crippen molar-refractivity contribution in [3.8, 4) is 0 Å². The van der Waals surface area contributed by atoms with Crippen LogP contribution in [0.15, 0.2) is 30.3 Å². The number of nitrogens with one attached hydrogen (secondary N) is 2. The highest BCUT2D eigenvalue weighted by atomic mass is 16.1. The van der Waals surface area contributed by atoms with Crippen molar-refractivity contribution in [3.05, 3.63) is 41.6 Å². The summed E-state index contributed by atoms with van der Waals surface area (Å²) in [6.07, 6.45) is 4.78. The summed E-state index contributed by atoms with van der Waals surface area (Å²) in [6.45, 7) is 2.86. The number of fused-ring (bicyclic) bond motifs is 1. The molecule has 1 aliphatic heterocycles. The molecule has 1 saturated carbocycles. The highest BCUT2D eigenvalue weighted by Crippen LogP contribution is 2.40. The molecule has 2 aromatic rings. The van der Waals surface area contributed by atoms with Gasteiger partial charge in [-0.25, -0.2) is 0 Å². The predicted molar refractivity (Wildman–Crippen MR) is 91.6 cm³/mol. The van der Waals surface area contributed by atoms with E-state index in [-0.39, 0.29) is 5.91 Å². The lowest BCUT2D eigenvalue weighted by atomic mass is 9.99. The standard InChI is InChI=1S/C19H23N3O/c23-19(21-12-13-4-3-9-20-11-13)16-10-18(14-7-8-14)22-17-6-2-1-5-15(16)17/h1-2,5-6,10,13-14,20H,3-4,7-9,11-12H2,(H,21,23). The van der Waals surface area contributed by atoms with Gasteiger partial charge in [-0.2, -0.15) is 0 Å². The molecule has 2 aliphatic rings. The van der Waals surface area contributed by atoms with Crippen LogP contribution in [0.2, 0.25) is 0 Å². The Labute approximate surface area is 136 Å². The van der Waals surface area contributed by atoms with Crippen molar-refractivity contribution < 1.29 is 4.79 Å². The molecule has 4 heteroatoms. The van der Waals surface area contributed by atoms with Gasteiger partial charge in [0, 0.05) is 23.5 Å². The fraction of sp³-hybridized carbons (Fsp3) is 0.474. The van der Waals surface area contributed by atoms with Crippen molar-refractivity contribution in [1.82, 2.24) is 15.6 Å². The molecule has 23 heavy (non-hydrogen) atoms. The minimum atomic E-state index is 0.0380. The summed E-state index contributed by atoms with van der Waals surface area (Å²) in [7, 11) is 0. The fourth-order valence-electron chi connectivity index (χ4n) is 3.40. The van der Waals surface area contributed by atoms with E-state index in [1.54, 1.807) is 0 Å². The third-order valence-electron chi connectivity index (χ3n) is 4.93. The van der Waals surface area contributed by atoms with Crippen LogP contribution in [0.4, 0.5) is 0 Å². The number of nitrogens with zero attached hydrogens (tertiary/aromatic N) is 1. The lowest BCUT2D eigenvalue weighted by Gasteiger charge is -2.23. The van der Waals surface area contributed by atoms with E-state index in [9.17, 15) is 4.79 Å². The SMILES string of the molecule is O=C(NCC1CCCNC1)c1cc(C2CC2)nc2ccccc12. The van der Waals surface area contributed by atoms with Gasteiger partial charge >= 0.3 is 0 Å². The molecule has 1 aliphatic carbocycles. The van der Waals surface area contributed by atoms with Crippen LogP contribution < -0.4 is 10.6 Å². The molecule has 1 aromatic carbocycles. The van der Waals surface area contributed by atoms with Crippen LogP contribution in [0.25, 0.3) is 10.9 Å². The van der Waals surface area contributed by atoms with Gasteiger partial charge < -0.3 is 10.6 Å². The summed E-state index contributed by atoms with van der Waals surface area (Å²) >= 11 is 0. The quantitative estimate of drug-likeness (QED) is 0.913. The molecule has 1 saturated heterocycles. The van der Waals surface area contributed by atoms with Crippen molar-refractivity contribution >= 4 is 16.8 Å². The number of pyridine rings is 1. The van der Waals surface area contributed by atoms with E-state index in [0.29, 0.717) is 11.8 Å². The maximum Gasteiger partial charge on any atom is 0.252 e. The summed E-state index contributed by atoms with van der Waals surface area (Å²) in [5, 5.41) is 7.49. The Morgan fingerprint density at radius 3 is 2.91 bits per heavy atom. The topological polar surface area (TPSA) is 54.0 Å². The van der Waals surface area contributed by atoms with Gasteiger partial charge in [0.15, 0.2) is 0 Å². The van der Waals surface area contributed by atoms with E-state index in [1.165, 1.54) is 25.7 Å². The van der Waals surface area contributed by atoms with Crippen LogP contribution in [0.5, 0.6) is 0 Å². The van der Waals surface area contributed by atoms with Gasteiger partial charge in [-0.05, 0) is 56.8 Å². The van der Waals surface area contributed by atoms with Gasteiger partial charge in [-0.1, -0.05) is 18.2 Å². The summed E-state index contributed by atoms with van der Waals surface area (Å²) in [6, 6.07) is 9.97. The van der Waals surface area contributed by atoms with E-state index in [2.05, 4.69) is 10.6 Å². The highest BCUT2D eigenvalue weighted by molar-refractivity contribution is 6.06. The second-order valence-corrected chi connectivity index (χ2v) is 6.81. The Morgan fingerprint density at radius 2 is 2.13 bits per heavy atom. The van der Waals surface area contributed by atoms with Gasteiger partial charge in [-0.3, -0.25) is 9.78 Å². The molecule has 120 valence electrons. The number of rotatable bonds is 4. The number of para-hydroxylation sites is 1. The normalized spacial score (nSPS) is 21.3. The van der Waals surface area contributed by atoms with Crippen molar-refractivity contribution in [2.75, 3.05) is 19.6 Å². The number of piperidine rings is 1. The minimum Gasteiger partial charge on any atom is -0.352 e. The maximum absolute atomic E-state index is 12.7. The molecule has 1 atom stereocenters. The van der Waals surface area contributed by atoms with Gasteiger partial charge in [0.25, 0.3) is 5.91 Å². The first kappa shape index (κ1) is 14.6. The number of aromatic nitrogens is 1. The van der Waals surface area contributed by atoms with E-state index in [0.717, 1.165) is 41.8 Å². The van der Waals surface area contributed by atoms with Gasteiger partial charge in [0.1, 0.15) is 0 Å². The third-order valence-corrected chi connectivity index (χ3v) is 4.93. The van der Waals surface area contributed by atoms with Gasteiger partial charge in [0.05, 0.1) is 11.1 Å². The molecule has 4 rings (SSSR count). The average Bonchev–Trinajstić information content (AvgIpc) is 3.45. The Kier molecular flexibility index (Phi) is 4.00. The average molecular weight is 309 g/mol. The molecular weight excluding hydrogens is 286 g/mol. The molecule has 2 N–H and O–H groups in total. The van der Waals surface area contributed by atoms with Crippen molar-refractivity contribution in [2.45, 2.75) is 31.6 Å². The summed E-state index contributed by atoms with van der Waals surface area (Å²) in [4.78, 5) is 17.5. The van der Waals surface area contributed by atoms with Crippen LogP contribution in [-0.4, -0.2) is 30.5 Å². The smallest absolute Gasteiger partial charge is 0.252 e. The van der Waals surface area contributed by atoms with Crippen LogP contribution in [-0.2, 0) is 0 Å². The number of carbonyl (C=O) groups is 1. The van der Waals surface area contributed by atoms with Gasteiger partial charge in [0.2, 0.25) is 0 Å². The molecule has 0 bridgehead atoms. The Balaban J connectivity index is 1.57. The number of hydrogen-bond donors (Lipinski definition) is 2. The molecule has 1 aromatic heterocycles. The van der Waals surface area contributed by atoms with E-state index in [1.807, 2.05) is 30.3 Å². The Hall–Kier alpha value is -1.94. The molecule has 1 amide bonds. The maximum atomic E-state index is 12.7. The zero-order valence-corrected chi connectivity index (χ0v) is 13.3. The molecule has 2 heterocycles. The largest absolute Gasteiger partial charge is 0.352 e. The van der Waals surface area contributed by atoms with Crippen molar-refractivity contribution in [3.63, 3.8) is 0 Å². The second-order valence-electron chi connectivity index (χ2n) is 6.81. The monoisotopic (exact) mass is 309 g/mol. The number of benzene rings is 1. The van der Waals surface area contributed by atoms with Crippen LogP contribution >= 0.6 is 0 Å². The molecule has 2 fully saturated rings. The molecular formula is C19H23N3O. The first-order valence-electron chi connectivity index (χ1n) is 8.70. The Morgan fingerprint density at radius 1 is 1.26 bits per heavy atom. The fourth-order valence-corrected chi connectivity index (χ4v) is 3.40. The van der Waals surface area contributed by atoms with E-state index >= 15 is 0 Å². The van der Waals surface area contributed by atoms with Crippen molar-refractivity contribution in [1.29, 1.82) is 0 Å². The lowest BCUT2D eigenvalue weighted by Crippen LogP contribution is -2.38. The lowest BCUT2D eigenvalue weighted by molar-refractivity contribution is 0.0946. The highest BCUT2D eigenvalue weighted by Gasteiger charge is 2.27. The number of amides is 1. The van der Waals surface area contributed by atoms with Crippen LogP contribution in [0.1, 0.15) is 47.7 Å². The molecule has 0 spiro atoms. The molecule has 0 radical (unpaired) electrons. The summed E-state index contributed by atoms with van der Waals surface area (Å²) in [5.41, 5.74) is 2.79. The zero-order valence-electron chi connectivity index (χ0n) is 13.3. The van der Waals surface area contributed by atoms with Crippen LogP contribution in [0, 0.1) is 5.92 Å². The Bertz CT molecular complexity index is 718. The predicted octanol–water partition coefficient (Wildman–Crippen LogP) is 2.84. The van der Waals surface area contributed by atoms with E-state index in [4.69, 9.17) is 4.98 Å². The summed E-state index contributed by atoms with van der Waals surface area (Å²) in [5.74, 6) is 1.13. The van der Waals surface area contributed by atoms with Crippen molar-refractivity contribution in [2.24, 2.45) is 5.92 Å². The zero-order chi connectivity index (χ0) is 15.6. The molecule has 1 unspecified atom stereocenters. The first-order valence-corrected chi connectivity index (χ1v) is 8.70. The summed E-state index contributed by atoms with van der Waals surface area (Å²) < 4.78 is 0. The molecule has 4 nitrogen and oxygen atoms in total. The number of carbonyl (C=O) groups excluding carboxylic acids is 1. The van der Waals surface area contributed by atoms with Crippen LogP contribution in [0.3, 0.4) is 0 Å². The van der Waals surface area contributed by atoms with E-state index < -0.39 is 0 Å². The minimum absolute atomic E-state index is 0.0380.